The van der Waals surface area contributed by atoms with Gasteiger partial charge in [0.15, 0.2) is 0 Å². The lowest BCUT2D eigenvalue weighted by molar-refractivity contribution is 0.0685. The van der Waals surface area contributed by atoms with Crippen LogP contribution in [0, 0.1) is 5.82 Å². The normalized spacial score (nSPS) is 18.5. The second-order valence-corrected chi connectivity index (χ2v) is 4.54. The van der Waals surface area contributed by atoms with Gasteiger partial charge in [-0.05, 0) is 37.8 Å². The van der Waals surface area contributed by atoms with E-state index in [1.54, 1.807) is 0 Å². The summed E-state index contributed by atoms with van der Waals surface area (Å²) in [5.41, 5.74) is -0.403. The molecule has 19 heavy (non-hydrogen) atoms. The molecular weight excluding hydrogens is 251 g/mol. The SMILES string of the molecule is O=C(O)c1c(F)cccc1OCCCC1CCCO1. The van der Waals surface area contributed by atoms with Crippen LogP contribution in [0.3, 0.4) is 0 Å². The molecule has 0 bridgehead atoms. The number of hydrogen-bond acceptors (Lipinski definition) is 3. The van der Waals surface area contributed by atoms with Crippen LogP contribution in [0.25, 0.3) is 0 Å². The lowest BCUT2D eigenvalue weighted by Gasteiger charge is -2.11. The maximum absolute atomic E-state index is 13.4. The molecule has 0 amide bonds. The summed E-state index contributed by atoms with van der Waals surface area (Å²) in [5.74, 6) is -2.00. The average molecular weight is 268 g/mol. The van der Waals surface area contributed by atoms with Gasteiger partial charge in [0.05, 0.1) is 12.7 Å². The molecule has 0 saturated carbocycles. The highest BCUT2D eigenvalue weighted by Gasteiger charge is 2.17. The Morgan fingerprint density at radius 2 is 2.37 bits per heavy atom. The van der Waals surface area contributed by atoms with E-state index in [1.165, 1.54) is 12.1 Å². The lowest BCUT2D eigenvalue weighted by atomic mass is 10.1. The Balaban J connectivity index is 1.85. The van der Waals surface area contributed by atoms with Crippen molar-refractivity contribution in [3.8, 4) is 5.75 Å². The maximum Gasteiger partial charge on any atom is 0.342 e. The van der Waals surface area contributed by atoms with E-state index in [0.29, 0.717) is 6.61 Å². The van der Waals surface area contributed by atoms with E-state index >= 15 is 0 Å². The zero-order valence-electron chi connectivity index (χ0n) is 10.6. The summed E-state index contributed by atoms with van der Waals surface area (Å²) in [6.07, 6.45) is 4.10. The second-order valence-electron chi connectivity index (χ2n) is 4.54. The molecule has 1 aliphatic heterocycles. The summed E-state index contributed by atoms with van der Waals surface area (Å²) >= 11 is 0. The minimum atomic E-state index is -1.31. The molecule has 1 aliphatic rings. The number of ether oxygens (including phenoxy) is 2. The smallest absolute Gasteiger partial charge is 0.342 e. The van der Waals surface area contributed by atoms with Crippen LogP contribution in [-0.2, 0) is 4.74 Å². The third-order valence-corrected chi connectivity index (χ3v) is 3.14. The van der Waals surface area contributed by atoms with Gasteiger partial charge >= 0.3 is 5.97 Å². The topological polar surface area (TPSA) is 55.8 Å². The molecule has 1 atom stereocenters. The van der Waals surface area contributed by atoms with Crippen LogP contribution in [0.5, 0.6) is 5.75 Å². The molecule has 1 N–H and O–H groups in total. The van der Waals surface area contributed by atoms with Crippen molar-refractivity contribution in [3.05, 3.63) is 29.6 Å². The number of aromatic carboxylic acids is 1. The maximum atomic E-state index is 13.4. The Bertz CT molecular complexity index is 441. The predicted molar refractivity (Wildman–Crippen MR) is 67.1 cm³/mol. The van der Waals surface area contributed by atoms with E-state index in [1.807, 2.05) is 0 Å². The lowest BCUT2D eigenvalue weighted by Crippen LogP contribution is -2.10. The fraction of sp³-hybridized carbons (Fsp3) is 0.500. The summed E-state index contributed by atoms with van der Waals surface area (Å²) in [5, 5.41) is 8.94. The van der Waals surface area contributed by atoms with Gasteiger partial charge in [0.1, 0.15) is 17.1 Å². The van der Waals surface area contributed by atoms with Crippen molar-refractivity contribution in [2.45, 2.75) is 31.8 Å². The molecule has 2 rings (SSSR count). The third-order valence-electron chi connectivity index (χ3n) is 3.14. The van der Waals surface area contributed by atoms with Crippen molar-refractivity contribution < 1.29 is 23.8 Å². The zero-order valence-corrected chi connectivity index (χ0v) is 10.6. The number of carboxylic acid groups (broad SMARTS) is 1. The van der Waals surface area contributed by atoms with Crippen molar-refractivity contribution in [3.63, 3.8) is 0 Å². The summed E-state index contributed by atoms with van der Waals surface area (Å²) < 4.78 is 24.2. The summed E-state index contributed by atoms with van der Waals surface area (Å²) in [7, 11) is 0. The predicted octanol–water partition coefficient (Wildman–Crippen LogP) is 2.86. The van der Waals surface area contributed by atoms with Gasteiger partial charge in [0, 0.05) is 6.61 Å². The Morgan fingerprint density at radius 3 is 3.05 bits per heavy atom. The van der Waals surface area contributed by atoms with Gasteiger partial charge in [0.25, 0.3) is 0 Å². The Kier molecular flexibility index (Phi) is 4.74. The molecular formula is C14H17FO4. The minimum Gasteiger partial charge on any atom is -0.493 e. The Hall–Kier alpha value is -1.62. The summed E-state index contributed by atoms with van der Waals surface area (Å²) in [6.45, 7) is 1.18. The van der Waals surface area contributed by atoms with Crippen LogP contribution in [-0.4, -0.2) is 30.4 Å². The van der Waals surface area contributed by atoms with Crippen molar-refractivity contribution in [1.29, 1.82) is 0 Å². The van der Waals surface area contributed by atoms with Crippen LogP contribution in [0.4, 0.5) is 4.39 Å². The van der Waals surface area contributed by atoms with Crippen LogP contribution in [0.15, 0.2) is 18.2 Å². The molecule has 104 valence electrons. The van der Waals surface area contributed by atoms with Gasteiger partial charge in [0.2, 0.25) is 0 Å². The van der Waals surface area contributed by atoms with Crippen molar-refractivity contribution >= 4 is 5.97 Å². The number of benzene rings is 1. The summed E-state index contributed by atoms with van der Waals surface area (Å²) in [6, 6.07) is 4.03. The number of hydrogen-bond donors (Lipinski definition) is 1. The highest BCUT2D eigenvalue weighted by atomic mass is 19.1. The van der Waals surface area contributed by atoms with Crippen molar-refractivity contribution in [2.75, 3.05) is 13.2 Å². The van der Waals surface area contributed by atoms with Gasteiger partial charge in [-0.3, -0.25) is 0 Å². The molecule has 0 aromatic heterocycles. The van der Waals surface area contributed by atoms with Crippen LogP contribution < -0.4 is 4.74 Å². The standard InChI is InChI=1S/C14H17FO4/c15-11-6-1-7-12(13(11)14(16)17)19-9-3-5-10-4-2-8-18-10/h1,6-7,10H,2-5,8-9H2,(H,16,17). The summed E-state index contributed by atoms with van der Waals surface area (Å²) in [4.78, 5) is 10.9. The minimum absolute atomic E-state index is 0.0832. The molecule has 1 fully saturated rings. The molecule has 1 unspecified atom stereocenters. The molecule has 4 nitrogen and oxygen atoms in total. The Morgan fingerprint density at radius 1 is 1.53 bits per heavy atom. The first-order valence-electron chi connectivity index (χ1n) is 6.44. The molecule has 1 saturated heterocycles. The van der Waals surface area contributed by atoms with E-state index in [4.69, 9.17) is 14.6 Å². The number of carbonyl (C=O) groups is 1. The first-order valence-corrected chi connectivity index (χ1v) is 6.44. The largest absolute Gasteiger partial charge is 0.493 e. The molecule has 1 heterocycles. The molecule has 1 aromatic rings. The van der Waals surface area contributed by atoms with E-state index in [9.17, 15) is 9.18 Å². The van der Waals surface area contributed by atoms with Gasteiger partial charge in [-0.15, -0.1) is 0 Å². The first kappa shape index (κ1) is 13.8. The highest BCUT2D eigenvalue weighted by Crippen LogP contribution is 2.22. The van der Waals surface area contributed by atoms with Crippen LogP contribution in [0.1, 0.15) is 36.0 Å². The monoisotopic (exact) mass is 268 g/mol. The zero-order chi connectivity index (χ0) is 13.7. The van der Waals surface area contributed by atoms with Crippen LogP contribution >= 0.6 is 0 Å². The molecule has 0 aliphatic carbocycles. The highest BCUT2D eigenvalue weighted by molar-refractivity contribution is 5.91. The van der Waals surface area contributed by atoms with Gasteiger partial charge in [-0.1, -0.05) is 6.07 Å². The fourth-order valence-corrected chi connectivity index (χ4v) is 2.20. The van der Waals surface area contributed by atoms with Gasteiger partial charge in [-0.2, -0.15) is 0 Å². The first-order chi connectivity index (χ1) is 9.18. The average Bonchev–Trinajstić information content (AvgIpc) is 2.87. The Labute approximate surface area is 111 Å². The van der Waals surface area contributed by atoms with E-state index < -0.39 is 17.3 Å². The van der Waals surface area contributed by atoms with Crippen molar-refractivity contribution in [1.82, 2.24) is 0 Å². The van der Waals surface area contributed by atoms with Gasteiger partial charge < -0.3 is 14.6 Å². The molecule has 5 heteroatoms. The van der Waals surface area contributed by atoms with E-state index in [0.717, 1.165) is 38.4 Å². The quantitative estimate of drug-likeness (QED) is 0.806. The second kappa shape index (κ2) is 6.52. The van der Waals surface area contributed by atoms with Crippen molar-refractivity contribution in [2.24, 2.45) is 0 Å². The molecule has 1 aromatic carbocycles. The molecule has 0 radical (unpaired) electrons. The molecule has 0 spiro atoms. The number of halogens is 1. The fourth-order valence-electron chi connectivity index (χ4n) is 2.20. The third kappa shape index (κ3) is 3.67. The number of rotatable bonds is 6. The van der Waals surface area contributed by atoms with Gasteiger partial charge in [-0.25, -0.2) is 9.18 Å². The van der Waals surface area contributed by atoms with Crippen LogP contribution in [0.2, 0.25) is 0 Å². The number of carboxylic acids is 1. The van der Waals surface area contributed by atoms with E-state index in [-0.39, 0.29) is 11.9 Å². The van der Waals surface area contributed by atoms with E-state index in [2.05, 4.69) is 0 Å².